The summed E-state index contributed by atoms with van der Waals surface area (Å²) in [6, 6.07) is 10.6. The van der Waals surface area contributed by atoms with Gasteiger partial charge in [0, 0.05) is 38.6 Å². The van der Waals surface area contributed by atoms with Crippen molar-refractivity contribution in [2.24, 2.45) is 11.8 Å². The number of hydrogen-bond acceptors (Lipinski definition) is 3. The van der Waals surface area contributed by atoms with Gasteiger partial charge in [-0.15, -0.1) is 0 Å². The van der Waals surface area contributed by atoms with Gasteiger partial charge in [0.15, 0.2) is 0 Å². The molecule has 2 fully saturated rings. The third-order valence-electron chi connectivity index (χ3n) is 6.74. The molecular weight excluding hydrogens is 346 g/mol. The second-order valence-corrected chi connectivity index (χ2v) is 8.94. The number of benzene rings is 1. The summed E-state index contributed by atoms with van der Waals surface area (Å²) >= 11 is 0. The molecule has 0 spiro atoms. The first-order valence-electron chi connectivity index (χ1n) is 11.4. The van der Waals surface area contributed by atoms with E-state index in [-0.39, 0.29) is 17.9 Å². The summed E-state index contributed by atoms with van der Waals surface area (Å²) in [4.78, 5) is 17.9. The first kappa shape index (κ1) is 21.3. The molecule has 2 aliphatic rings. The van der Waals surface area contributed by atoms with Gasteiger partial charge in [-0.3, -0.25) is 9.69 Å². The second kappa shape index (κ2) is 11.0. The molecule has 0 radical (unpaired) electrons. The van der Waals surface area contributed by atoms with E-state index in [1.54, 1.807) is 0 Å². The normalized spacial score (nSPS) is 25.4. The number of amides is 1. The fourth-order valence-electron chi connectivity index (χ4n) is 4.70. The number of nitrogens with one attached hydrogen (secondary N) is 1. The Hall–Kier alpha value is -1.39. The van der Waals surface area contributed by atoms with E-state index in [1.807, 2.05) is 0 Å². The molecule has 4 heteroatoms. The molecule has 1 saturated carbocycles. The van der Waals surface area contributed by atoms with E-state index >= 15 is 0 Å². The van der Waals surface area contributed by atoms with Crippen LogP contribution in [0.25, 0.3) is 0 Å². The molecule has 28 heavy (non-hydrogen) atoms. The maximum absolute atomic E-state index is 13.1. The predicted octanol–water partition coefficient (Wildman–Crippen LogP) is 4.09. The van der Waals surface area contributed by atoms with Crippen LogP contribution in [-0.2, 0) is 4.79 Å². The van der Waals surface area contributed by atoms with E-state index < -0.39 is 0 Å². The standard InChI is InChI=1S/C24H39N3O/c1-3-4-8-20-11-13-22(14-12-20)24(28)25-23(21-9-6-5-7-10-21)19-27-17-15-26(2)16-18-27/h5-7,9-10,20,22-23H,3-4,8,11-19H2,1-2H3,(H,25,28). The zero-order valence-electron chi connectivity index (χ0n) is 17.9. The Morgan fingerprint density at radius 2 is 1.75 bits per heavy atom. The summed E-state index contributed by atoms with van der Waals surface area (Å²) in [7, 11) is 2.19. The molecule has 0 aromatic heterocycles. The lowest BCUT2D eigenvalue weighted by Gasteiger charge is -2.35. The Labute approximate surface area is 171 Å². The van der Waals surface area contributed by atoms with E-state index in [4.69, 9.17) is 0 Å². The molecule has 1 aliphatic heterocycles. The summed E-state index contributed by atoms with van der Waals surface area (Å²) in [6.45, 7) is 7.56. The van der Waals surface area contributed by atoms with Gasteiger partial charge < -0.3 is 10.2 Å². The topological polar surface area (TPSA) is 35.6 Å². The van der Waals surface area contributed by atoms with Crippen LogP contribution in [0.2, 0.25) is 0 Å². The molecule has 1 unspecified atom stereocenters. The van der Waals surface area contributed by atoms with Gasteiger partial charge >= 0.3 is 0 Å². The van der Waals surface area contributed by atoms with Gasteiger partial charge in [-0.05, 0) is 44.2 Å². The van der Waals surface area contributed by atoms with Gasteiger partial charge in [0.1, 0.15) is 0 Å². The van der Waals surface area contributed by atoms with Crippen molar-refractivity contribution < 1.29 is 4.79 Å². The Bertz CT molecular complexity index is 575. The highest BCUT2D eigenvalue weighted by atomic mass is 16.1. The summed E-state index contributed by atoms with van der Waals surface area (Å²) in [6.07, 6.45) is 8.56. The van der Waals surface area contributed by atoms with Gasteiger partial charge in [-0.25, -0.2) is 0 Å². The maximum Gasteiger partial charge on any atom is 0.223 e. The largest absolute Gasteiger partial charge is 0.348 e. The molecule has 1 aromatic rings. The lowest BCUT2D eigenvalue weighted by Crippen LogP contribution is -2.48. The number of rotatable bonds is 8. The Kier molecular flexibility index (Phi) is 8.35. The zero-order valence-corrected chi connectivity index (χ0v) is 17.9. The van der Waals surface area contributed by atoms with Crippen molar-refractivity contribution >= 4 is 5.91 Å². The average molecular weight is 386 g/mol. The third kappa shape index (κ3) is 6.31. The number of carbonyl (C=O) groups is 1. The smallest absolute Gasteiger partial charge is 0.223 e. The Morgan fingerprint density at radius 3 is 2.39 bits per heavy atom. The molecule has 1 heterocycles. The molecule has 3 rings (SSSR count). The molecule has 1 amide bonds. The van der Waals surface area contributed by atoms with E-state index in [0.29, 0.717) is 0 Å². The minimum atomic E-state index is 0.0925. The first-order chi connectivity index (χ1) is 13.7. The number of likely N-dealkylation sites (N-methyl/N-ethyl adjacent to an activating group) is 1. The van der Waals surface area contributed by atoms with Crippen LogP contribution in [0.15, 0.2) is 30.3 Å². The fourth-order valence-corrected chi connectivity index (χ4v) is 4.70. The van der Waals surface area contributed by atoms with Crippen LogP contribution < -0.4 is 5.32 Å². The molecule has 1 N–H and O–H groups in total. The van der Waals surface area contributed by atoms with Gasteiger partial charge in [0.2, 0.25) is 5.91 Å². The molecule has 0 bridgehead atoms. The Morgan fingerprint density at radius 1 is 1.07 bits per heavy atom. The number of hydrogen-bond donors (Lipinski definition) is 1. The molecule has 1 aliphatic carbocycles. The minimum absolute atomic E-state index is 0.0925. The van der Waals surface area contributed by atoms with Crippen LogP contribution in [-0.4, -0.2) is 55.5 Å². The van der Waals surface area contributed by atoms with Gasteiger partial charge in [0.05, 0.1) is 6.04 Å². The van der Waals surface area contributed by atoms with Gasteiger partial charge in [-0.1, -0.05) is 56.5 Å². The van der Waals surface area contributed by atoms with Crippen LogP contribution in [0.3, 0.4) is 0 Å². The number of piperazine rings is 1. The predicted molar refractivity (Wildman–Crippen MR) is 116 cm³/mol. The van der Waals surface area contributed by atoms with Crippen LogP contribution in [0.5, 0.6) is 0 Å². The molecule has 1 atom stereocenters. The van der Waals surface area contributed by atoms with Crippen LogP contribution in [0.4, 0.5) is 0 Å². The minimum Gasteiger partial charge on any atom is -0.348 e. The van der Waals surface area contributed by atoms with Crippen LogP contribution in [0, 0.1) is 11.8 Å². The second-order valence-electron chi connectivity index (χ2n) is 8.94. The number of nitrogens with zero attached hydrogens (tertiary/aromatic N) is 2. The summed E-state index contributed by atoms with van der Waals surface area (Å²) in [5.41, 5.74) is 1.23. The van der Waals surface area contributed by atoms with Crippen molar-refractivity contribution in [3.63, 3.8) is 0 Å². The highest BCUT2D eigenvalue weighted by molar-refractivity contribution is 5.79. The van der Waals surface area contributed by atoms with Gasteiger partial charge in [-0.2, -0.15) is 0 Å². The quantitative estimate of drug-likeness (QED) is 0.732. The lowest BCUT2D eigenvalue weighted by molar-refractivity contribution is -0.127. The number of unbranched alkanes of at least 4 members (excludes halogenated alkanes) is 1. The summed E-state index contributed by atoms with van der Waals surface area (Å²) < 4.78 is 0. The van der Waals surface area contributed by atoms with E-state index in [9.17, 15) is 4.79 Å². The van der Waals surface area contributed by atoms with Crippen molar-refractivity contribution in [2.45, 2.75) is 57.9 Å². The summed E-state index contributed by atoms with van der Waals surface area (Å²) in [5.74, 6) is 1.33. The van der Waals surface area contributed by atoms with E-state index in [1.165, 1.54) is 37.7 Å². The summed E-state index contributed by atoms with van der Waals surface area (Å²) in [5, 5.41) is 3.43. The molecule has 1 saturated heterocycles. The van der Waals surface area contributed by atoms with Crippen molar-refractivity contribution in [1.82, 2.24) is 15.1 Å². The van der Waals surface area contributed by atoms with E-state index in [2.05, 4.69) is 59.4 Å². The van der Waals surface area contributed by atoms with Crippen molar-refractivity contribution in [2.75, 3.05) is 39.8 Å². The van der Waals surface area contributed by atoms with Crippen molar-refractivity contribution in [3.8, 4) is 0 Å². The van der Waals surface area contributed by atoms with Crippen LogP contribution in [0.1, 0.15) is 63.5 Å². The van der Waals surface area contributed by atoms with Crippen molar-refractivity contribution in [1.29, 1.82) is 0 Å². The molecule has 4 nitrogen and oxygen atoms in total. The zero-order chi connectivity index (χ0) is 19.8. The average Bonchev–Trinajstić information content (AvgIpc) is 2.74. The van der Waals surface area contributed by atoms with Crippen molar-refractivity contribution in [3.05, 3.63) is 35.9 Å². The first-order valence-corrected chi connectivity index (χ1v) is 11.4. The van der Waals surface area contributed by atoms with Gasteiger partial charge in [0.25, 0.3) is 0 Å². The van der Waals surface area contributed by atoms with Crippen LogP contribution >= 0.6 is 0 Å². The lowest BCUT2D eigenvalue weighted by atomic mass is 9.79. The van der Waals surface area contributed by atoms with E-state index in [0.717, 1.165) is 51.5 Å². The molecule has 156 valence electrons. The monoisotopic (exact) mass is 385 g/mol. The highest BCUT2D eigenvalue weighted by Crippen LogP contribution is 2.32. The Balaban J connectivity index is 1.56. The SMILES string of the molecule is CCCCC1CCC(C(=O)NC(CN2CCN(C)CC2)c2ccccc2)CC1. The number of carbonyl (C=O) groups excluding carboxylic acids is 1. The maximum atomic E-state index is 13.1. The fraction of sp³-hybridized carbons (Fsp3) is 0.708. The molecule has 1 aromatic carbocycles. The highest BCUT2D eigenvalue weighted by Gasteiger charge is 2.28. The third-order valence-corrected chi connectivity index (χ3v) is 6.74. The molecular formula is C24H39N3O.